The Labute approximate surface area is 103 Å². The summed E-state index contributed by atoms with van der Waals surface area (Å²) in [6, 6.07) is 0. The molecule has 0 saturated heterocycles. The second-order valence-electron chi connectivity index (χ2n) is 4.04. The van der Waals surface area contributed by atoms with Crippen LogP contribution in [0.5, 0.6) is 0 Å². The molecule has 0 aromatic heterocycles. The molecule has 0 aliphatic heterocycles. The highest BCUT2D eigenvalue weighted by atomic mass is 35.5. The number of hydrogen-bond donors (Lipinski definition) is 3. The highest BCUT2D eigenvalue weighted by Gasteiger charge is 2.21. The molecule has 1 aliphatic carbocycles. The molecule has 4 N–H and O–H groups in total. The van der Waals surface area contributed by atoms with Crippen LogP contribution in [0.3, 0.4) is 0 Å². The van der Waals surface area contributed by atoms with Gasteiger partial charge in [-0.2, -0.15) is 0 Å². The topological polar surface area (TPSA) is 78.6 Å². The van der Waals surface area contributed by atoms with E-state index in [2.05, 4.69) is 5.32 Å². The van der Waals surface area contributed by atoms with Gasteiger partial charge in [-0.05, 0) is 18.8 Å². The van der Waals surface area contributed by atoms with Gasteiger partial charge in [0.25, 0.3) is 0 Å². The maximum absolute atomic E-state index is 11.5. The van der Waals surface area contributed by atoms with Crippen LogP contribution in [-0.4, -0.2) is 55.2 Å². The SMILES string of the molecule is Cl.NCCN(CCO)CC(=O)NCC1CC1. The molecule has 1 aliphatic rings. The van der Waals surface area contributed by atoms with E-state index in [0.717, 1.165) is 6.54 Å². The van der Waals surface area contributed by atoms with Crippen molar-refractivity contribution in [3.63, 3.8) is 0 Å². The minimum atomic E-state index is 0. The molecular weight excluding hydrogens is 230 g/mol. The summed E-state index contributed by atoms with van der Waals surface area (Å²) < 4.78 is 0. The zero-order chi connectivity index (χ0) is 11.1. The van der Waals surface area contributed by atoms with Crippen LogP contribution in [0.25, 0.3) is 0 Å². The number of nitrogens with two attached hydrogens (primary N) is 1. The fourth-order valence-electron chi connectivity index (χ4n) is 1.43. The van der Waals surface area contributed by atoms with Crippen LogP contribution in [-0.2, 0) is 4.79 Å². The molecule has 5 nitrogen and oxygen atoms in total. The third-order valence-corrected chi connectivity index (χ3v) is 2.51. The number of nitrogens with one attached hydrogen (secondary N) is 1. The summed E-state index contributed by atoms with van der Waals surface area (Å²) in [6.07, 6.45) is 2.48. The molecule has 16 heavy (non-hydrogen) atoms. The van der Waals surface area contributed by atoms with E-state index in [1.165, 1.54) is 12.8 Å². The third-order valence-electron chi connectivity index (χ3n) is 2.51. The van der Waals surface area contributed by atoms with Gasteiger partial charge in [-0.1, -0.05) is 0 Å². The fourth-order valence-corrected chi connectivity index (χ4v) is 1.43. The number of aliphatic hydroxyl groups is 1. The fraction of sp³-hybridized carbons (Fsp3) is 0.900. The van der Waals surface area contributed by atoms with Crippen molar-refractivity contribution in [2.45, 2.75) is 12.8 Å². The van der Waals surface area contributed by atoms with Gasteiger partial charge in [0.1, 0.15) is 0 Å². The average Bonchev–Trinajstić information content (AvgIpc) is 2.99. The lowest BCUT2D eigenvalue weighted by Gasteiger charge is -2.19. The Morgan fingerprint density at radius 3 is 2.62 bits per heavy atom. The van der Waals surface area contributed by atoms with Crippen LogP contribution in [0.2, 0.25) is 0 Å². The van der Waals surface area contributed by atoms with Crippen molar-refractivity contribution in [1.82, 2.24) is 10.2 Å². The van der Waals surface area contributed by atoms with Crippen molar-refractivity contribution < 1.29 is 9.90 Å². The lowest BCUT2D eigenvalue weighted by atomic mass is 10.4. The Bertz CT molecular complexity index is 195. The van der Waals surface area contributed by atoms with Crippen LogP contribution < -0.4 is 11.1 Å². The van der Waals surface area contributed by atoms with Crippen molar-refractivity contribution >= 4 is 18.3 Å². The molecule has 0 bridgehead atoms. The molecule has 0 aromatic carbocycles. The second-order valence-corrected chi connectivity index (χ2v) is 4.04. The van der Waals surface area contributed by atoms with Crippen LogP contribution in [0, 0.1) is 5.92 Å². The number of aliphatic hydroxyl groups excluding tert-OH is 1. The van der Waals surface area contributed by atoms with E-state index in [4.69, 9.17) is 10.8 Å². The van der Waals surface area contributed by atoms with Crippen molar-refractivity contribution in [2.24, 2.45) is 11.7 Å². The average molecular weight is 252 g/mol. The number of nitrogens with zero attached hydrogens (tertiary/aromatic N) is 1. The van der Waals surface area contributed by atoms with Gasteiger partial charge < -0.3 is 16.2 Å². The van der Waals surface area contributed by atoms with Gasteiger partial charge >= 0.3 is 0 Å². The normalized spacial score (nSPS) is 14.7. The molecule has 6 heteroatoms. The first kappa shape index (κ1) is 15.6. The highest BCUT2D eigenvalue weighted by molar-refractivity contribution is 5.85. The Morgan fingerprint density at radius 1 is 1.44 bits per heavy atom. The lowest BCUT2D eigenvalue weighted by Crippen LogP contribution is -2.41. The number of rotatable bonds is 8. The molecule has 0 aromatic rings. The molecule has 1 saturated carbocycles. The molecule has 0 radical (unpaired) electrons. The van der Waals surface area contributed by atoms with Crippen LogP contribution >= 0.6 is 12.4 Å². The van der Waals surface area contributed by atoms with Crippen LogP contribution in [0.4, 0.5) is 0 Å². The standard InChI is InChI=1S/C10H21N3O2.ClH/c11-3-4-13(5-6-14)8-10(15)12-7-9-1-2-9;/h9,14H,1-8,11H2,(H,12,15);1H. The van der Waals surface area contributed by atoms with Crippen molar-refractivity contribution in [3.05, 3.63) is 0 Å². The maximum atomic E-state index is 11.5. The molecule has 0 atom stereocenters. The van der Waals surface area contributed by atoms with Crippen molar-refractivity contribution in [1.29, 1.82) is 0 Å². The summed E-state index contributed by atoms with van der Waals surface area (Å²) in [5, 5.41) is 11.7. The van der Waals surface area contributed by atoms with E-state index >= 15 is 0 Å². The molecule has 96 valence electrons. The molecule has 1 rings (SSSR count). The molecule has 0 unspecified atom stereocenters. The Hall–Kier alpha value is -0.360. The van der Waals surface area contributed by atoms with E-state index < -0.39 is 0 Å². The number of hydrogen-bond acceptors (Lipinski definition) is 4. The van der Waals surface area contributed by atoms with Gasteiger partial charge in [-0.15, -0.1) is 12.4 Å². The lowest BCUT2D eigenvalue weighted by molar-refractivity contribution is -0.122. The summed E-state index contributed by atoms with van der Waals surface area (Å²) in [5.41, 5.74) is 5.41. The van der Waals surface area contributed by atoms with Gasteiger partial charge in [-0.3, -0.25) is 9.69 Å². The first-order valence-electron chi connectivity index (χ1n) is 5.56. The minimum absolute atomic E-state index is 0. The highest BCUT2D eigenvalue weighted by Crippen LogP contribution is 2.27. The summed E-state index contributed by atoms with van der Waals surface area (Å²) in [5.74, 6) is 0.735. The molecule has 1 amide bonds. The Morgan fingerprint density at radius 2 is 2.12 bits per heavy atom. The number of carbonyl (C=O) groups excluding carboxylic acids is 1. The van der Waals surface area contributed by atoms with Gasteiger partial charge in [0.05, 0.1) is 13.2 Å². The first-order valence-corrected chi connectivity index (χ1v) is 5.56. The van der Waals surface area contributed by atoms with Crippen molar-refractivity contribution in [3.8, 4) is 0 Å². The molecule has 0 heterocycles. The van der Waals surface area contributed by atoms with E-state index in [0.29, 0.717) is 32.1 Å². The van der Waals surface area contributed by atoms with E-state index in [1.54, 1.807) is 0 Å². The predicted octanol–water partition coefficient (Wildman–Crippen LogP) is -0.813. The smallest absolute Gasteiger partial charge is 0.234 e. The quantitative estimate of drug-likeness (QED) is 0.527. The summed E-state index contributed by atoms with van der Waals surface area (Å²) in [7, 11) is 0. The van der Waals surface area contributed by atoms with Gasteiger partial charge in [0, 0.05) is 26.2 Å². The molecular formula is C10H22ClN3O2. The predicted molar refractivity (Wildman–Crippen MR) is 65.6 cm³/mol. The molecule has 1 fully saturated rings. The summed E-state index contributed by atoms with van der Waals surface area (Å²) >= 11 is 0. The largest absolute Gasteiger partial charge is 0.395 e. The number of amides is 1. The molecule has 0 spiro atoms. The van der Waals surface area contributed by atoms with Gasteiger partial charge in [0.2, 0.25) is 5.91 Å². The third kappa shape index (κ3) is 7.00. The van der Waals surface area contributed by atoms with Gasteiger partial charge in [0.15, 0.2) is 0 Å². The van der Waals surface area contributed by atoms with Crippen LogP contribution in [0.15, 0.2) is 0 Å². The van der Waals surface area contributed by atoms with Gasteiger partial charge in [-0.25, -0.2) is 0 Å². The minimum Gasteiger partial charge on any atom is -0.395 e. The van der Waals surface area contributed by atoms with Crippen LogP contribution in [0.1, 0.15) is 12.8 Å². The number of halogens is 1. The summed E-state index contributed by atoms with van der Waals surface area (Å²) in [4.78, 5) is 13.3. The monoisotopic (exact) mass is 251 g/mol. The Balaban J connectivity index is 0.00000225. The summed E-state index contributed by atoms with van der Waals surface area (Å²) in [6.45, 7) is 2.87. The zero-order valence-corrected chi connectivity index (χ0v) is 10.3. The van der Waals surface area contributed by atoms with E-state index in [9.17, 15) is 4.79 Å². The van der Waals surface area contributed by atoms with E-state index in [-0.39, 0.29) is 24.9 Å². The Kier molecular flexibility index (Phi) is 8.56. The first-order chi connectivity index (χ1) is 7.26. The van der Waals surface area contributed by atoms with Crippen molar-refractivity contribution in [2.75, 3.05) is 39.3 Å². The zero-order valence-electron chi connectivity index (χ0n) is 9.52. The van der Waals surface area contributed by atoms with E-state index in [1.807, 2.05) is 4.90 Å². The maximum Gasteiger partial charge on any atom is 0.234 e. The second kappa shape index (κ2) is 8.75. The number of carbonyl (C=O) groups is 1.